The molecule has 0 aliphatic carbocycles. The Hall–Kier alpha value is -2.74. The Kier molecular flexibility index (Phi) is 5.85. The molecule has 2 amide bonds. The Labute approximate surface area is 161 Å². The molecule has 1 saturated heterocycles. The van der Waals surface area contributed by atoms with Crippen LogP contribution in [0.3, 0.4) is 0 Å². The number of nitrogens with zero attached hydrogens (tertiary/aromatic N) is 2. The Bertz CT molecular complexity index is 878. The molecular weight excluding hydrogens is 366 g/mol. The maximum absolute atomic E-state index is 11.9. The first kappa shape index (κ1) is 19.0. The number of amides is 2. The highest BCUT2D eigenvalue weighted by Gasteiger charge is 2.24. The standard InChI is InChI=1S/C19H21N3O4S/c1-12-5-6-14(8-13(12)2)20-16(23)10-26-18(25)9-15-11-27-19(21-15)22-7-3-4-17(22)24/h5-6,8,11H,3-4,7,9-10H2,1-2H3,(H,20,23). The minimum atomic E-state index is -0.533. The van der Waals surface area contributed by atoms with Crippen LogP contribution in [-0.2, 0) is 25.5 Å². The van der Waals surface area contributed by atoms with Gasteiger partial charge in [-0.2, -0.15) is 0 Å². The van der Waals surface area contributed by atoms with Gasteiger partial charge in [0.2, 0.25) is 5.91 Å². The monoisotopic (exact) mass is 387 g/mol. The molecule has 0 unspecified atom stereocenters. The minimum Gasteiger partial charge on any atom is -0.455 e. The normalized spacial score (nSPS) is 13.7. The summed E-state index contributed by atoms with van der Waals surface area (Å²) in [6, 6.07) is 5.59. The summed E-state index contributed by atoms with van der Waals surface area (Å²) in [5, 5.41) is 5.04. The minimum absolute atomic E-state index is 0.0323. The number of nitrogens with one attached hydrogen (secondary N) is 1. The molecule has 1 aromatic heterocycles. The summed E-state index contributed by atoms with van der Waals surface area (Å²) in [5.74, 6) is -0.871. The molecule has 1 aliphatic heterocycles. The van der Waals surface area contributed by atoms with Gasteiger partial charge in [-0.1, -0.05) is 6.07 Å². The van der Waals surface area contributed by atoms with Crippen LogP contribution in [0.4, 0.5) is 10.8 Å². The van der Waals surface area contributed by atoms with Gasteiger partial charge in [0.15, 0.2) is 11.7 Å². The number of rotatable bonds is 6. The number of carbonyl (C=O) groups excluding carboxylic acids is 3. The second-order valence-corrected chi connectivity index (χ2v) is 7.29. The van der Waals surface area contributed by atoms with Gasteiger partial charge in [0.05, 0.1) is 12.1 Å². The SMILES string of the molecule is Cc1ccc(NC(=O)COC(=O)Cc2csc(N3CCCC3=O)n2)cc1C. The van der Waals surface area contributed by atoms with Crippen molar-refractivity contribution in [1.29, 1.82) is 0 Å². The first-order valence-electron chi connectivity index (χ1n) is 8.70. The Morgan fingerprint density at radius 3 is 2.81 bits per heavy atom. The van der Waals surface area contributed by atoms with Gasteiger partial charge in [0, 0.05) is 24.0 Å². The molecule has 7 nitrogen and oxygen atoms in total. The zero-order valence-electron chi connectivity index (χ0n) is 15.3. The number of aromatic nitrogens is 1. The summed E-state index contributed by atoms with van der Waals surface area (Å²) in [4.78, 5) is 41.6. The maximum Gasteiger partial charge on any atom is 0.312 e. The molecule has 0 bridgehead atoms. The lowest BCUT2D eigenvalue weighted by molar-refractivity contribution is -0.146. The van der Waals surface area contributed by atoms with E-state index in [-0.39, 0.29) is 18.9 Å². The number of ether oxygens (including phenoxy) is 1. The first-order chi connectivity index (χ1) is 12.9. The van der Waals surface area contributed by atoms with Crippen molar-refractivity contribution in [3.05, 3.63) is 40.4 Å². The van der Waals surface area contributed by atoms with Crippen molar-refractivity contribution < 1.29 is 19.1 Å². The van der Waals surface area contributed by atoms with E-state index >= 15 is 0 Å². The maximum atomic E-state index is 11.9. The van der Waals surface area contributed by atoms with Gasteiger partial charge in [0.25, 0.3) is 5.91 Å². The number of carbonyl (C=O) groups is 3. The van der Waals surface area contributed by atoms with E-state index < -0.39 is 11.9 Å². The molecule has 0 saturated carbocycles. The zero-order chi connectivity index (χ0) is 19.4. The van der Waals surface area contributed by atoms with Gasteiger partial charge in [-0.15, -0.1) is 11.3 Å². The summed E-state index contributed by atoms with van der Waals surface area (Å²) >= 11 is 1.33. The third kappa shape index (κ3) is 4.91. The Morgan fingerprint density at radius 1 is 1.30 bits per heavy atom. The second kappa shape index (κ2) is 8.30. The molecule has 0 atom stereocenters. The predicted octanol–water partition coefficient (Wildman–Crippen LogP) is 2.61. The highest BCUT2D eigenvalue weighted by molar-refractivity contribution is 7.14. The summed E-state index contributed by atoms with van der Waals surface area (Å²) in [6.07, 6.45) is 1.33. The van der Waals surface area contributed by atoms with Crippen LogP contribution in [-0.4, -0.2) is 35.9 Å². The molecule has 1 aliphatic rings. The highest BCUT2D eigenvalue weighted by Crippen LogP contribution is 2.25. The van der Waals surface area contributed by atoms with Gasteiger partial charge in [-0.05, 0) is 43.5 Å². The number of benzene rings is 1. The van der Waals surface area contributed by atoms with Gasteiger partial charge in [-0.3, -0.25) is 19.3 Å². The lowest BCUT2D eigenvalue weighted by Gasteiger charge is -2.10. The van der Waals surface area contributed by atoms with Crippen molar-refractivity contribution >= 4 is 39.9 Å². The molecule has 3 rings (SSSR count). The summed E-state index contributed by atoms with van der Waals surface area (Å²) in [5.41, 5.74) is 3.41. The van der Waals surface area contributed by atoms with E-state index in [1.165, 1.54) is 11.3 Å². The lowest BCUT2D eigenvalue weighted by atomic mass is 10.1. The Morgan fingerprint density at radius 2 is 2.11 bits per heavy atom. The Balaban J connectivity index is 1.46. The molecular formula is C19H21N3O4S. The van der Waals surface area contributed by atoms with Crippen molar-refractivity contribution in [2.75, 3.05) is 23.4 Å². The van der Waals surface area contributed by atoms with Crippen LogP contribution in [0.1, 0.15) is 29.7 Å². The average molecular weight is 387 g/mol. The van der Waals surface area contributed by atoms with E-state index in [9.17, 15) is 14.4 Å². The van der Waals surface area contributed by atoms with E-state index in [0.29, 0.717) is 29.5 Å². The summed E-state index contributed by atoms with van der Waals surface area (Å²) in [7, 11) is 0. The number of aryl methyl sites for hydroxylation is 2. The van der Waals surface area contributed by atoms with Crippen LogP contribution in [0.15, 0.2) is 23.6 Å². The zero-order valence-corrected chi connectivity index (χ0v) is 16.1. The van der Waals surface area contributed by atoms with E-state index in [2.05, 4.69) is 10.3 Å². The molecule has 2 aromatic rings. The summed E-state index contributed by atoms with van der Waals surface area (Å²) in [6.45, 7) is 4.26. The largest absolute Gasteiger partial charge is 0.455 e. The van der Waals surface area contributed by atoms with Crippen molar-refractivity contribution in [1.82, 2.24) is 4.98 Å². The van der Waals surface area contributed by atoms with Crippen LogP contribution >= 0.6 is 11.3 Å². The van der Waals surface area contributed by atoms with Crippen LogP contribution in [0.2, 0.25) is 0 Å². The number of thiazole rings is 1. The number of anilines is 2. The van der Waals surface area contributed by atoms with Crippen molar-refractivity contribution in [2.24, 2.45) is 0 Å². The highest BCUT2D eigenvalue weighted by atomic mass is 32.1. The lowest BCUT2D eigenvalue weighted by Crippen LogP contribution is -2.23. The van der Waals surface area contributed by atoms with Crippen molar-refractivity contribution in [2.45, 2.75) is 33.1 Å². The third-order valence-electron chi connectivity index (χ3n) is 4.32. The molecule has 1 N–H and O–H groups in total. The van der Waals surface area contributed by atoms with Crippen LogP contribution < -0.4 is 10.2 Å². The molecule has 0 radical (unpaired) electrons. The molecule has 142 valence electrons. The van der Waals surface area contributed by atoms with E-state index in [1.807, 2.05) is 26.0 Å². The van der Waals surface area contributed by atoms with Gasteiger partial charge in [-0.25, -0.2) is 4.98 Å². The van der Waals surface area contributed by atoms with Crippen LogP contribution in [0.5, 0.6) is 0 Å². The van der Waals surface area contributed by atoms with Crippen molar-refractivity contribution in [3.63, 3.8) is 0 Å². The molecule has 8 heteroatoms. The van der Waals surface area contributed by atoms with Gasteiger partial charge >= 0.3 is 5.97 Å². The van der Waals surface area contributed by atoms with E-state index in [4.69, 9.17) is 4.74 Å². The van der Waals surface area contributed by atoms with E-state index in [0.717, 1.165) is 17.5 Å². The topological polar surface area (TPSA) is 88.6 Å². The van der Waals surface area contributed by atoms with Crippen molar-refractivity contribution in [3.8, 4) is 0 Å². The quantitative estimate of drug-likeness (QED) is 0.770. The molecule has 2 heterocycles. The molecule has 27 heavy (non-hydrogen) atoms. The number of hydrogen-bond donors (Lipinski definition) is 1. The predicted molar refractivity (Wildman–Crippen MR) is 103 cm³/mol. The third-order valence-corrected chi connectivity index (χ3v) is 5.24. The smallest absolute Gasteiger partial charge is 0.312 e. The van der Waals surface area contributed by atoms with E-state index in [1.54, 1.807) is 16.3 Å². The average Bonchev–Trinajstić information content (AvgIpc) is 3.25. The number of hydrogen-bond acceptors (Lipinski definition) is 6. The molecule has 1 aromatic carbocycles. The molecule has 1 fully saturated rings. The van der Waals surface area contributed by atoms with Crippen LogP contribution in [0.25, 0.3) is 0 Å². The fourth-order valence-corrected chi connectivity index (χ4v) is 3.58. The summed E-state index contributed by atoms with van der Waals surface area (Å²) < 4.78 is 5.02. The first-order valence-corrected chi connectivity index (χ1v) is 9.58. The second-order valence-electron chi connectivity index (χ2n) is 6.46. The van der Waals surface area contributed by atoms with Crippen LogP contribution in [0, 0.1) is 13.8 Å². The van der Waals surface area contributed by atoms with Gasteiger partial charge < -0.3 is 10.1 Å². The fourth-order valence-electron chi connectivity index (χ4n) is 2.71. The van der Waals surface area contributed by atoms with Gasteiger partial charge in [0.1, 0.15) is 0 Å². The fraction of sp³-hybridized carbons (Fsp3) is 0.368. The number of esters is 1. The molecule has 0 spiro atoms.